The smallest absolute Gasteiger partial charge is 0.274 e. The minimum Gasteiger partial charge on any atom is -0.495 e. The molecule has 1 aromatic heterocycles. The molecule has 1 saturated heterocycles. The molecule has 27 heavy (non-hydrogen) atoms. The van der Waals surface area contributed by atoms with Crippen LogP contribution in [-0.2, 0) is 0 Å². The summed E-state index contributed by atoms with van der Waals surface area (Å²) >= 11 is 6.13. The van der Waals surface area contributed by atoms with Gasteiger partial charge in [-0.2, -0.15) is 0 Å². The van der Waals surface area contributed by atoms with E-state index in [4.69, 9.17) is 16.3 Å². The lowest BCUT2D eigenvalue weighted by molar-refractivity contribution is 0.102. The fourth-order valence-corrected chi connectivity index (χ4v) is 3.62. The largest absolute Gasteiger partial charge is 0.495 e. The topological polar surface area (TPSA) is 67.4 Å². The molecule has 0 radical (unpaired) electrons. The Bertz CT molecular complexity index is 828. The van der Waals surface area contributed by atoms with Crippen molar-refractivity contribution < 1.29 is 9.53 Å². The Labute approximate surface area is 164 Å². The van der Waals surface area contributed by atoms with Gasteiger partial charge in [-0.05, 0) is 44.2 Å². The van der Waals surface area contributed by atoms with Gasteiger partial charge in [-0.1, -0.05) is 18.5 Å². The lowest BCUT2D eigenvalue weighted by Gasteiger charge is -2.36. The molecule has 0 spiro atoms. The summed E-state index contributed by atoms with van der Waals surface area (Å²) in [5, 5.41) is 3.46. The van der Waals surface area contributed by atoms with E-state index in [1.54, 1.807) is 25.3 Å². The van der Waals surface area contributed by atoms with Gasteiger partial charge < -0.3 is 15.0 Å². The van der Waals surface area contributed by atoms with Crippen LogP contribution in [-0.4, -0.2) is 35.6 Å². The van der Waals surface area contributed by atoms with Crippen molar-refractivity contribution in [1.29, 1.82) is 0 Å². The number of methoxy groups -OCH3 is 1. The normalized spacial score (nSPS) is 16.9. The van der Waals surface area contributed by atoms with Gasteiger partial charge in [0.1, 0.15) is 23.6 Å². The number of benzene rings is 1. The standard InChI is InChI=1S/C20H25ClN4O2/c1-4-14-7-5-6-8-25(14)19-11-17(22-12-23-19)20(26)24-16-9-13(2)15(21)10-18(16)27-3/h9-12,14H,4-8H2,1-3H3,(H,24,26). The molecule has 3 rings (SSSR count). The lowest BCUT2D eigenvalue weighted by Crippen LogP contribution is -2.39. The molecule has 7 heteroatoms. The van der Waals surface area contributed by atoms with E-state index < -0.39 is 0 Å². The molecule has 0 aliphatic carbocycles. The Hall–Kier alpha value is -2.34. The zero-order chi connectivity index (χ0) is 19.4. The summed E-state index contributed by atoms with van der Waals surface area (Å²) in [6.07, 6.45) is 6.05. The summed E-state index contributed by atoms with van der Waals surface area (Å²) in [4.78, 5) is 23.6. The van der Waals surface area contributed by atoms with Gasteiger partial charge in [0.25, 0.3) is 5.91 Å². The van der Waals surface area contributed by atoms with Crippen molar-refractivity contribution in [3.05, 3.63) is 40.8 Å². The minimum atomic E-state index is -0.302. The molecular formula is C20H25ClN4O2. The third kappa shape index (κ3) is 4.33. The third-order valence-corrected chi connectivity index (χ3v) is 5.41. The van der Waals surface area contributed by atoms with Crippen LogP contribution in [0.2, 0.25) is 5.02 Å². The SMILES string of the molecule is CCC1CCCCN1c1cc(C(=O)Nc2cc(C)c(Cl)cc2OC)ncn1. The van der Waals surface area contributed by atoms with Gasteiger partial charge in [0.15, 0.2) is 0 Å². The number of aromatic nitrogens is 2. The number of anilines is 2. The molecule has 2 aromatic rings. The van der Waals surface area contributed by atoms with E-state index in [0.717, 1.165) is 37.2 Å². The highest BCUT2D eigenvalue weighted by atomic mass is 35.5. The number of carbonyl (C=O) groups excluding carboxylic acids is 1. The van der Waals surface area contributed by atoms with Crippen molar-refractivity contribution in [2.24, 2.45) is 0 Å². The Morgan fingerprint density at radius 3 is 2.89 bits per heavy atom. The van der Waals surface area contributed by atoms with Gasteiger partial charge in [-0.3, -0.25) is 4.79 Å². The summed E-state index contributed by atoms with van der Waals surface area (Å²) in [6, 6.07) is 5.71. The average Bonchev–Trinajstić information content (AvgIpc) is 2.70. The highest BCUT2D eigenvalue weighted by Crippen LogP contribution is 2.31. The molecule has 1 aliphatic heterocycles. The number of ether oxygens (including phenoxy) is 1. The number of nitrogens with zero attached hydrogens (tertiary/aromatic N) is 3. The number of halogens is 1. The fraction of sp³-hybridized carbons (Fsp3) is 0.450. The van der Waals surface area contributed by atoms with Crippen molar-refractivity contribution in [3.63, 3.8) is 0 Å². The van der Waals surface area contributed by atoms with E-state index in [9.17, 15) is 4.79 Å². The van der Waals surface area contributed by atoms with Gasteiger partial charge in [0.05, 0.1) is 12.8 Å². The van der Waals surface area contributed by atoms with Gasteiger partial charge in [0.2, 0.25) is 0 Å². The van der Waals surface area contributed by atoms with Crippen LogP contribution in [0.15, 0.2) is 24.5 Å². The Morgan fingerprint density at radius 2 is 2.15 bits per heavy atom. The number of hydrogen-bond donors (Lipinski definition) is 1. The maximum atomic E-state index is 12.8. The first-order valence-corrected chi connectivity index (χ1v) is 9.65. The number of aryl methyl sites for hydroxylation is 1. The second kappa shape index (κ2) is 8.57. The average molecular weight is 389 g/mol. The van der Waals surface area contributed by atoms with Crippen LogP contribution in [0.25, 0.3) is 0 Å². The zero-order valence-electron chi connectivity index (χ0n) is 16.0. The van der Waals surface area contributed by atoms with E-state index in [1.807, 2.05) is 6.92 Å². The van der Waals surface area contributed by atoms with E-state index >= 15 is 0 Å². The third-order valence-electron chi connectivity index (χ3n) is 5.01. The first-order chi connectivity index (χ1) is 13.0. The summed E-state index contributed by atoms with van der Waals surface area (Å²) in [5.74, 6) is 1.01. The molecular weight excluding hydrogens is 364 g/mol. The number of nitrogens with one attached hydrogen (secondary N) is 1. The van der Waals surface area contributed by atoms with Crippen LogP contribution in [0.3, 0.4) is 0 Å². The van der Waals surface area contributed by atoms with Crippen LogP contribution in [0.4, 0.5) is 11.5 Å². The van der Waals surface area contributed by atoms with E-state index in [2.05, 4.69) is 27.1 Å². The quantitative estimate of drug-likeness (QED) is 0.818. The predicted octanol–water partition coefficient (Wildman–Crippen LogP) is 4.47. The number of rotatable bonds is 5. The Balaban J connectivity index is 1.83. The maximum Gasteiger partial charge on any atom is 0.274 e. The van der Waals surface area contributed by atoms with E-state index in [1.165, 1.54) is 12.7 Å². The van der Waals surface area contributed by atoms with Crippen molar-refractivity contribution in [2.75, 3.05) is 23.9 Å². The lowest BCUT2D eigenvalue weighted by atomic mass is 10.00. The minimum absolute atomic E-state index is 0.302. The monoisotopic (exact) mass is 388 g/mol. The summed E-state index contributed by atoms with van der Waals surface area (Å²) in [6.45, 7) is 5.02. The molecule has 1 atom stereocenters. The second-order valence-corrected chi connectivity index (χ2v) is 7.18. The van der Waals surface area contributed by atoms with Crippen molar-refractivity contribution in [1.82, 2.24) is 9.97 Å². The van der Waals surface area contributed by atoms with Crippen molar-refractivity contribution in [2.45, 2.75) is 45.6 Å². The van der Waals surface area contributed by atoms with Crippen LogP contribution in [0.5, 0.6) is 5.75 Å². The summed E-state index contributed by atoms with van der Waals surface area (Å²) < 4.78 is 5.33. The molecule has 1 unspecified atom stereocenters. The van der Waals surface area contributed by atoms with E-state index in [0.29, 0.717) is 28.2 Å². The Kier molecular flexibility index (Phi) is 6.16. The van der Waals surface area contributed by atoms with Gasteiger partial charge in [-0.25, -0.2) is 9.97 Å². The molecule has 144 valence electrons. The molecule has 0 saturated carbocycles. The van der Waals surface area contributed by atoms with Crippen molar-refractivity contribution in [3.8, 4) is 5.75 Å². The Morgan fingerprint density at radius 1 is 1.33 bits per heavy atom. The number of amides is 1. The molecule has 1 aliphatic rings. The van der Waals surface area contributed by atoms with Crippen LogP contribution in [0, 0.1) is 6.92 Å². The predicted molar refractivity (Wildman–Crippen MR) is 108 cm³/mol. The van der Waals surface area contributed by atoms with Crippen LogP contribution < -0.4 is 15.0 Å². The molecule has 6 nitrogen and oxygen atoms in total. The van der Waals surface area contributed by atoms with Crippen LogP contribution >= 0.6 is 11.6 Å². The first kappa shape index (κ1) is 19.4. The number of piperidine rings is 1. The number of carbonyl (C=O) groups is 1. The molecule has 1 amide bonds. The number of hydrogen-bond acceptors (Lipinski definition) is 5. The summed E-state index contributed by atoms with van der Waals surface area (Å²) in [7, 11) is 1.54. The van der Waals surface area contributed by atoms with Crippen LogP contribution in [0.1, 0.15) is 48.7 Å². The van der Waals surface area contributed by atoms with Gasteiger partial charge in [0, 0.05) is 29.7 Å². The zero-order valence-corrected chi connectivity index (χ0v) is 16.7. The van der Waals surface area contributed by atoms with Gasteiger partial charge in [-0.15, -0.1) is 0 Å². The molecule has 2 heterocycles. The molecule has 1 aromatic carbocycles. The highest BCUT2D eigenvalue weighted by molar-refractivity contribution is 6.31. The maximum absolute atomic E-state index is 12.8. The van der Waals surface area contributed by atoms with Crippen molar-refractivity contribution >= 4 is 29.0 Å². The highest BCUT2D eigenvalue weighted by Gasteiger charge is 2.23. The molecule has 1 N–H and O–H groups in total. The molecule has 0 bridgehead atoms. The fourth-order valence-electron chi connectivity index (χ4n) is 3.47. The summed E-state index contributed by atoms with van der Waals surface area (Å²) in [5.41, 5.74) is 1.75. The second-order valence-electron chi connectivity index (χ2n) is 6.77. The first-order valence-electron chi connectivity index (χ1n) is 9.27. The molecule has 1 fully saturated rings. The van der Waals surface area contributed by atoms with Gasteiger partial charge >= 0.3 is 0 Å². The van der Waals surface area contributed by atoms with E-state index in [-0.39, 0.29) is 5.91 Å².